The van der Waals surface area contributed by atoms with Gasteiger partial charge in [-0.15, -0.1) is 0 Å². The van der Waals surface area contributed by atoms with Crippen molar-refractivity contribution in [3.8, 4) is 0 Å². The number of hydrogen-bond donors (Lipinski definition) is 2. The summed E-state index contributed by atoms with van der Waals surface area (Å²) in [6, 6.07) is 9.30. The summed E-state index contributed by atoms with van der Waals surface area (Å²) in [4.78, 5) is 4.45. The summed E-state index contributed by atoms with van der Waals surface area (Å²) in [6.45, 7) is 7.45. The van der Waals surface area contributed by atoms with Crippen LogP contribution < -0.4 is 10.6 Å². The molecular weight excluding hydrogens is 346 g/mol. The van der Waals surface area contributed by atoms with Crippen LogP contribution in [0.25, 0.3) is 0 Å². The van der Waals surface area contributed by atoms with Crippen LogP contribution in [0.5, 0.6) is 0 Å². The average Bonchev–Trinajstić information content (AvgIpc) is 3.36. The largest absolute Gasteiger partial charge is 0.356 e. The third-order valence-corrected chi connectivity index (χ3v) is 6.77. The number of benzene rings is 1. The quantitative estimate of drug-likeness (QED) is 0.620. The maximum absolute atomic E-state index is 4.53. The van der Waals surface area contributed by atoms with Crippen molar-refractivity contribution < 1.29 is 0 Å². The zero-order chi connectivity index (χ0) is 19.8. The topological polar surface area (TPSA) is 54.2 Å². The maximum Gasteiger partial charge on any atom is 0.191 e. The molecule has 2 N–H and O–H groups in total. The van der Waals surface area contributed by atoms with E-state index in [9.17, 15) is 0 Å². The Kier molecular flexibility index (Phi) is 5.17. The molecule has 5 nitrogen and oxygen atoms in total. The fourth-order valence-corrected chi connectivity index (χ4v) is 5.10. The van der Waals surface area contributed by atoms with Crippen molar-refractivity contribution in [3.05, 3.63) is 52.3 Å². The van der Waals surface area contributed by atoms with Crippen LogP contribution in [0.15, 0.2) is 29.3 Å². The number of aliphatic imine (C=N–C) groups is 1. The Bertz CT molecular complexity index is 881. The van der Waals surface area contributed by atoms with E-state index in [4.69, 9.17) is 0 Å². The van der Waals surface area contributed by atoms with E-state index in [1.54, 1.807) is 11.1 Å². The predicted molar refractivity (Wildman–Crippen MR) is 115 cm³/mol. The van der Waals surface area contributed by atoms with Gasteiger partial charge in [0.25, 0.3) is 0 Å². The SMILES string of the molecule is CN=C(NCC1C2CCc3ccccc3C21)NC(C)Cc1c(C)nn(C)c1C. The van der Waals surface area contributed by atoms with E-state index in [0.717, 1.165) is 42.4 Å². The van der Waals surface area contributed by atoms with Crippen molar-refractivity contribution in [1.82, 2.24) is 20.4 Å². The second-order valence-corrected chi connectivity index (χ2v) is 8.57. The molecule has 0 radical (unpaired) electrons. The lowest BCUT2D eigenvalue weighted by Gasteiger charge is -2.18. The molecular formula is C23H33N5. The summed E-state index contributed by atoms with van der Waals surface area (Å²) in [5, 5.41) is 11.7. The van der Waals surface area contributed by atoms with E-state index in [1.165, 1.54) is 24.1 Å². The summed E-state index contributed by atoms with van der Waals surface area (Å²) in [6.07, 6.45) is 3.52. The monoisotopic (exact) mass is 379 g/mol. The van der Waals surface area contributed by atoms with E-state index >= 15 is 0 Å². The van der Waals surface area contributed by atoms with Gasteiger partial charge in [0.1, 0.15) is 0 Å². The molecule has 2 aliphatic carbocycles. The molecule has 1 saturated carbocycles. The molecule has 2 aromatic rings. The van der Waals surface area contributed by atoms with Gasteiger partial charge in [0, 0.05) is 32.4 Å². The van der Waals surface area contributed by atoms with E-state index in [-0.39, 0.29) is 0 Å². The summed E-state index contributed by atoms with van der Waals surface area (Å²) < 4.78 is 1.97. The minimum atomic E-state index is 0.301. The van der Waals surface area contributed by atoms with Gasteiger partial charge in [-0.1, -0.05) is 24.3 Å². The second kappa shape index (κ2) is 7.61. The summed E-state index contributed by atoms with van der Waals surface area (Å²) in [7, 11) is 3.87. The van der Waals surface area contributed by atoms with Crippen LogP contribution in [0.1, 0.15) is 47.3 Å². The van der Waals surface area contributed by atoms with Gasteiger partial charge in [-0.3, -0.25) is 9.67 Å². The zero-order valence-corrected chi connectivity index (χ0v) is 17.8. The first-order valence-electron chi connectivity index (χ1n) is 10.5. The number of aromatic nitrogens is 2. The third kappa shape index (κ3) is 3.54. The summed E-state index contributed by atoms with van der Waals surface area (Å²) in [5.74, 6) is 3.23. The minimum absolute atomic E-state index is 0.301. The second-order valence-electron chi connectivity index (χ2n) is 8.57. The molecule has 5 heteroatoms. The first-order valence-corrected chi connectivity index (χ1v) is 10.5. The fraction of sp³-hybridized carbons (Fsp3) is 0.565. The van der Waals surface area contributed by atoms with Gasteiger partial charge < -0.3 is 10.6 Å². The first-order chi connectivity index (χ1) is 13.5. The molecule has 0 spiro atoms. The van der Waals surface area contributed by atoms with Gasteiger partial charge in [0.15, 0.2) is 5.96 Å². The van der Waals surface area contributed by atoms with Crippen molar-refractivity contribution in [3.63, 3.8) is 0 Å². The smallest absolute Gasteiger partial charge is 0.191 e. The molecule has 28 heavy (non-hydrogen) atoms. The Balaban J connectivity index is 1.31. The summed E-state index contributed by atoms with van der Waals surface area (Å²) in [5.41, 5.74) is 6.85. The first kappa shape index (κ1) is 19.0. The van der Waals surface area contributed by atoms with E-state index in [2.05, 4.69) is 65.8 Å². The van der Waals surface area contributed by atoms with Crippen LogP contribution in [-0.4, -0.2) is 35.4 Å². The Morgan fingerprint density at radius 2 is 2.11 bits per heavy atom. The average molecular weight is 380 g/mol. The Morgan fingerprint density at radius 3 is 2.82 bits per heavy atom. The molecule has 1 aromatic heterocycles. The molecule has 0 aliphatic heterocycles. The number of hydrogen-bond acceptors (Lipinski definition) is 2. The van der Waals surface area contributed by atoms with Crippen LogP contribution >= 0.6 is 0 Å². The highest BCUT2D eigenvalue weighted by atomic mass is 15.3. The molecule has 150 valence electrons. The van der Waals surface area contributed by atoms with Gasteiger partial charge in [-0.05, 0) is 74.5 Å². The van der Waals surface area contributed by atoms with Crippen molar-refractivity contribution in [2.75, 3.05) is 13.6 Å². The van der Waals surface area contributed by atoms with Gasteiger partial charge in [0.05, 0.1) is 5.69 Å². The molecule has 1 fully saturated rings. The molecule has 0 amide bonds. The molecule has 1 heterocycles. The van der Waals surface area contributed by atoms with Crippen molar-refractivity contribution in [2.45, 2.75) is 52.0 Å². The Labute approximate surface area is 168 Å². The number of nitrogens with one attached hydrogen (secondary N) is 2. The molecule has 2 aliphatic rings. The molecule has 4 rings (SSSR count). The van der Waals surface area contributed by atoms with Crippen LogP contribution in [0.4, 0.5) is 0 Å². The zero-order valence-electron chi connectivity index (χ0n) is 17.8. The minimum Gasteiger partial charge on any atom is -0.356 e. The fourth-order valence-electron chi connectivity index (χ4n) is 5.10. The van der Waals surface area contributed by atoms with Crippen LogP contribution in [0.3, 0.4) is 0 Å². The lowest BCUT2D eigenvalue weighted by Crippen LogP contribution is -2.44. The third-order valence-electron chi connectivity index (χ3n) is 6.77. The molecule has 1 aromatic carbocycles. The molecule has 4 atom stereocenters. The van der Waals surface area contributed by atoms with Crippen molar-refractivity contribution >= 4 is 5.96 Å². The number of rotatable bonds is 5. The highest BCUT2D eigenvalue weighted by Crippen LogP contribution is 2.59. The van der Waals surface area contributed by atoms with Gasteiger partial charge in [-0.2, -0.15) is 5.10 Å². The van der Waals surface area contributed by atoms with Crippen LogP contribution in [0.2, 0.25) is 0 Å². The lowest BCUT2D eigenvalue weighted by molar-refractivity contribution is 0.603. The van der Waals surface area contributed by atoms with Crippen LogP contribution in [0, 0.1) is 25.7 Å². The number of aryl methyl sites for hydroxylation is 3. The molecule has 4 unspecified atom stereocenters. The normalized spacial score (nSPS) is 24.3. The molecule has 0 bridgehead atoms. The van der Waals surface area contributed by atoms with Gasteiger partial charge in [0.2, 0.25) is 0 Å². The number of guanidine groups is 1. The van der Waals surface area contributed by atoms with E-state index in [0.29, 0.717) is 6.04 Å². The summed E-state index contributed by atoms with van der Waals surface area (Å²) >= 11 is 0. The lowest BCUT2D eigenvalue weighted by atomic mass is 9.92. The van der Waals surface area contributed by atoms with Crippen LogP contribution in [-0.2, 0) is 19.9 Å². The van der Waals surface area contributed by atoms with E-state index in [1.807, 2.05) is 18.8 Å². The Morgan fingerprint density at radius 1 is 1.32 bits per heavy atom. The molecule has 0 saturated heterocycles. The van der Waals surface area contributed by atoms with E-state index < -0.39 is 0 Å². The van der Waals surface area contributed by atoms with Crippen molar-refractivity contribution in [1.29, 1.82) is 0 Å². The van der Waals surface area contributed by atoms with Crippen molar-refractivity contribution in [2.24, 2.45) is 23.9 Å². The number of nitrogens with zero attached hydrogens (tertiary/aromatic N) is 3. The maximum atomic E-state index is 4.53. The van der Waals surface area contributed by atoms with Gasteiger partial charge >= 0.3 is 0 Å². The van der Waals surface area contributed by atoms with Gasteiger partial charge in [-0.25, -0.2) is 0 Å². The Hall–Kier alpha value is -2.30. The predicted octanol–water partition coefficient (Wildman–Crippen LogP) is 3.11. The standard InChI is InChI=1S/C23H33N5/c1-14(12-20-15(2)27-28(5)16(20)3)26-23(24-4)25-13-21-19-11-10-17-8-6-7-9-18(17)22(19)21/h6-9,14,19,21-22H,10-13H2,1-5H3,(H2,24,25,26). The number of fused-ring (bicyclic) bond motifs is 3. The highest BCUT2D eigenvalue weighted by molar-refractivity contribution is 5.80. The highest BCUT2D eigenvalue weighted by Gasteiger charge is 2.52.